The highest BCUT2D eigenvalue weighted by molar-refractivity contribution is 7.89. The number of carbonyl (C=O) groups excluding carboxylic acids is 2. The van der Waals surface area contributed by atoms with Gasteiger partial charge in [0, 0.05) is 32.1 Å². The van der Waals surface area contributed by atoms with Gasteiger partial charge in [0.15, 0.2) is 6.10 Å². The Morgan fingerprint density at radius 2 is 1.81 bits per heavy atom. The molecule has 9 heteroatoms. The summed E-state index contributed by atoms with van der Waals surface area (Å²) in [5.74, 6) is 0.173. The van der Waals surface area contributed by atoms with Gasteiger partial charge in [-0.3, -0.25) is 9.59 Å². The molecule has 2 heterocycles. The van der Waals surface area contributed by atoms with Crippen molar-refractivity contribution in [3.05, 3.63) is 18.2 Å². The molecule has 4 rings (SSSR count). The van der Waals surface area contributed by atoms with Crippen LogP contribution in [0.2, 0.25) is 0 Å². The average Bonchev–Trinajstić information content (AvgIpc) is 2.79. The van der Waals surface area contributed by atoms with E-state index < -0.39 is 16.1 Å². The number of anilines is 1. The van der Waals surface area contributed by atoms with Crippen LogP contribution in [0.25, 0.3) is 0 Å². The summed E-state index contributed by atoms with van der Waals surface area (Å²) in [6, 6.07) is 4.85. The number of nitrogens with zero attached hydrogens (tertiary/aromatic N) is 2. The lowest BCUT2D eigenvalue weighted by Gasteiger charge is -2.36. The number of piperidine rings is 1. The maximum atomic E-state index is 13.2. The second-order valence-corrected chi connectivity index (χ2v) is 10.8. The summed E-state index contributed by atoms with van der Waals surface area (Å²) >= 11 is 0. The molecule has 0 radical (unpaired) electrons. The van der Waals surface area contributed by atoms with Crippen LogP contribution >= 0.6 is 0 Å². The number of hydrogen-bond donors (Lipinski definition) is 1. The van der Waals surface area contributed by atoms with Crippen LogP contribution in [-0.2, 0) is 19.6 Å². The van der Waals surface area contributed by atoms with E-state index in [2.05, 4.69) is 5.32 Å². The highest BCUT2D eigenvalue weighted by Gasteiger charge is 2.35. The van der Waals surface area contributed by atoms with Gasteiger partial charge in [-0.2, -0.15) is 4.31 Å². The Kier molecular flexibility index (Phi) is 6.25. The molecular formula is C22H31N3O5S. The standard InChI is InChI=1S/C22H31N3O5S/c1-15-21(26)23-19-14-18(8-9-20(19)30-15)31(28,29)25-12-10-16(11-13-25)22(27)24(2)17-6-4-3-5-7-17/h8-9,14-17H,3-7,10-13H2,1-2H3,(H,23,26). The van der Waals surface area contributed by atoms with E-state index in [0.717, 1.165) is 12.8 Å². The van der Waals surface area contributed by atoms with Crippen molar-refractivity contribution in [1.82, 2.24) is 9.21 Å². The van der Waals surface area contributed by atoms with Gasteiger partial charge in [0.05, 0.1) is 10.6 Å². The van der Waals surface area contributed by atoms with Crippen LogP contribution in [0.3, 0.4) is 0 Å². The first-order valence-corrected chi connectivity index (χ1v) is 12.6. The van der Waals surface area contributed by atoms with Crippen molar-refractivity contribution in [2.24, 2.45) is 5.92 Å². The smallest absolute Gasteiger partial charge is 0.265 e. The van der Waals surface area contributed by atoms with Gasteiger partial charge in [-0.05, 0) is 50.8 Å². The number of nitrogens with one attached hydrogen (secondary N) is 1. The number of amides is 2. The van der Waals surface area contributed by atoms with Gasteiger partial charge in [-0.1, -0.05) is 19.3 Å². The maximum Gasteiger partial charge on any atom is 0.265 e. The Bertz CT molecular complexity index is 950. The second-order valence-electron chi connectivity index (χ2n) is 8.83. The van der Waals surface area contributed by atoms with Crippen LogP contribution in [0.1, 0.15) is 51.9 Å². The molecule has 1 aromatic carbocycles. The second kappa shape index (κ2) is 8.78. The van der Waals surface area contributed by atoms with Crippen molar-refractivity contribution >= 4 is 27.5 Å². The lowest BCUT2D eigenvalue weighted by atomic mass is 9.91. The Morgan fingerprint density at radius 3 is 2.48 bits per heavy atom. The molecule has 1 unspecified atom stereocenters. The van der Waals surface area contributed by atoms with Crippen LogP contribution in [0, 0.1) is 5.92 Å². The largest absolute Gasteiger partial charge is 0.479 e. The third-order valence-corrected chi connectivity index (χ3v) is 8.69. The molecule has 0 spiro atoms. The van der Waals surface area contributed by atoms with E-state index in [1.165, 1.54) is 35.7 Å². The van der Waals surface area contributed by atoms with E-state index in [1.807, 2.05) is 11.9 Å². The Morgan fingerprint density at radius 1 is 1.13 bits per heavy atom. The number of carbonyl (C=O) groups is 2. The SMILES string of the molecule is CC1Oc2ccc(S(=O)(=O)N3CCC(C(=O)N(C)C4CCCCC4)CC3)cc2NC1=O. The zero-order valence-corrected chi connectivity index (χ0v) is 19.0. The highest BCUT2D eigenvalue weighted by atomic mass is 32.2. The topological polar surface area (TPSA) is 96.0 Å². The molecule has 1 aliphatic carbocycles. The Balaban J connectivity index is 1.40. The van der Waals surface area contributed by atoms with E-state index in [1.54, 1.807) is 13.0 Å². The minimum Gasteiger partial charge on any atom is -0.479 e. The molecule has 2 fully saturated rings. The van der Waals surface area contributed by atoms with Gasteiger partial charge in [-0.25, -0.2) is 8.42 Å². The first-order valence-electron chi connectivity index (χ1n) is 11.2. The zero-order valence-electron chi connectivity index (χ0n) is 18.2. The number of ether oxygens (including phenoxy) is 1. The number of fused-ring (bicyclic) bond motifs is 1. The number of rotatable bonds is 4. The van der Waals surface area contributed by atoms with Gasteiger partial charge in [0.25, 0.3) is 5.91 Å². The van der Waals surface area contributed by atoms with E-state index in [9.17, 15) is 18.0 Å². The number of benzene rings is 1. The van der Waals surface area contributed by atoms with Gasteiger partial charge in [0.1, 0.15) is 5.75 Å². The van der Waals surface area contributed by atoms with Gasteiger partial charge >= 0.3 is 0 Å². The van der Waals surface area contributed by atoms with Crippen LogP contribution in [0.15, 0.2) is 23.1 Å². The average molecular weight is 450 g/mol. The van der Waals surface area contributed by atoms with Crippen molar-refractivity contribution in [3.63, 3.8) is 0 Å². The zero-order chi connectivity index (χ0) is 22.2. The summed E-state index contributed by atoms with van der Waals surface area (Å²) in [6.07, 6.45) is 6.15. The number of hydrogen-bond acceptors (Lipinski definition) is 5. The van der Waals surface area contributed by atoms with Crippen molar-refractivity contribution < 1.29 is 22.7 Å². The molecule has 170 valence electrons. The molecule has 1 aromatic rings. The van der Waals surface area contributed by atoms with E-state index >= 15 is 0 Å². The quantitative estimate of drug-likeness (QED) is 0.762. The summed E-state index contributed by atoms with van der Waals surface area (Å²) in [7, 11) is -1.82. The molecule has 3 aliphatic rings. The first kappa shape index (κ1) is 22.1. The van der Waals surface area contributed by atoms with Crippen LogP contribution in [0.4, 0.5) is 5.69 Å². The molecule has 2 amide bonds. The minimum absolute atomic E-state index is 0.119. The van der Waals surface area contributed by atoms with Crippen molar-refractivity contribution in [3.8, 4) is 5.75 Å². The molecule has 1 atom stereocenters. The first-order chi connectivity index (χ1) is 14.8. The molecule has 1 saturated carbocycles. The van der Waals surface area contributed by atoms with E-state index in [4.69, 9.17) is 4.74 Å². The predicted octanol–water partition coefficient (Wildman–Crippen LogP) is 2.60. The molecule has 31 heavy (non-hydrogen) atoms. The molecular weight excluding hydrogens is 418 g/mol. The summed E-state index contributed by atoms with van der Waals surface area (Å²) in [4.78, 5) is 26.8. The monoisotopic (exact) mass is 449 g/mol. The fourth-order valence-corrected chi connectivity index (χ4v) is 6.27. The lowest BCUT2D eigenvalue weighted by molar-refractivity contribution is -0.138. The lowest BCUT2D eigenvalue weighted by Crippen LogP contribution is -2.46. The van der Waals surface area contributed by atoms with Gasteiger partial charge in [-0.15, -0.1) is 0 Å². The van der Waals surface area contributed by atoms with Gasteiger partial charge < -0.3 is 15.0 Å². The minimum atomic E-state index is -3.71. The molecule has 8 nitrogen and oxygen atoms in total. The van der Waals surface area contributed by atoms with Crippen LogP contribution in [0.5, 0.6) is 5.75 Å². The molecule has 1 N–H and O–H groups in total. The molecule has 2 aliphatic heterocycles. The fraction of sp³-hybridized carbons (Fsp3) is 0.636. The third kappa shape index (κ3) is 4.43. The third-order valence-electron chi connectivity index (χ3n) is 6.79. The predicted molar refractivity (Wildman–Crippen MR) is 116 cm³/mol. The van der Waals surface area contributed by atoms with Crippen molar-refractivity contribution in [2.45, 2.75) is 68.9 Å². The highest BCUT2D eigenvalue weighted by Crippen LogP contribution is 2.34. The Labute approximate surface area is 184 Å². The van der Waals surface area contributed by atoms with Crippen molar-refractivity contribution in [2.75, 3.05) is 25.5 Å². The molecule has 0 aromatic heterocycles. The Hall–Kier alpha value is -2.13. The van der Waals surface area contributed by atoms with Gasteiger partial charge in [0.2, 0.25) is 15.9 Å². The maximum absolute atomic E-state index is 13.2. The van der Waals surface area contributed by atoms with E-state index in [0.29, 0.717) is 43.4 Å². The van der Waals surface area contributed by atoms with E-state index in [-0.39, 0.29) is 22.6 Å². The number of sulfonamides is 1. The molecule has 0 bridgehead atoms. The molecule has 1 saturated heterocycles. The van der Waals surface area contributed by atoms with Crippen LogP contribution < -0.4 is 10.1 Å². The van der Waals surface area contributed by atoms with Crippen molar-refractivity contribution in [1.29, 1.82) is 0 Å². The summed E-state index contributed by atoms with van der Waals surface area (Å²) < 4.78 is 33.3. The summed E-state index contributed by atoms with van der Waals surface area (Å²) in [6.45, 7) is 2.27. The normalized spacial score (nSPS) is 23.5. The summed E-state index contributed by atoms with van der Waals surface area (Å²) in [5, 5.41) is 2.69. The fourth-order valence-electron chi connectivity index (χ4n) is 4.78. The van der Waals surface area contributed by atoms with Crippen LogP contribution in [-0.4, -0.2) is 61.7 Å². The summed E-state index contributed by atoms with van der Waals surface area (Å²) in [5.41, 5.74) is 0.364.